The highest BCUT2D eigenvalue weighted by atomic mass is 19.4. The van der Waals surface area contributed by atoms with Gasteiger partial charge in [-0.05, 0) is 107 Å². The van der Waals surface area contributed by atoms with Crippen LogP contribution < -0.4 is 21.3 Å². The standard InChI is InChI=1S/C76H131F3N12O15/c1-18-20-34-91-43-63(95)85(13)57(38-47(5)6)67(97)81-55(72(102)90-35-28-23-29-36-90)42-62(94)84(12)50(10)66(96)82-56(44-106-45-61(93)76(77,78)79)71(101)87(15)59(39-48(7)8)73(103)86(14)58(40-52-30-24-21-25-31-52)68(98)80-54(37-46(3)4)70(100)88(16)60(41-53-32-26-22-27-33-53)74(104)89(17)65(49(9)19-2)69(99)83-64(51(11)92)75(91)105/h46-61,64-65,92-93H,18-45H2,1-17H3,(H,80,98)(H,81,97)(H,82,96)(H,83,99)/t49-,50-,51+,54-,55-,56-,57-,58-,59-,60-,61?,64-,65-/m0/s1. The van der Waals surface area contributed by atoms with Crippen molar-refractivity contribution in [2.45, 2.75) is 296 Å². The molecule has 6 N–H and O–H groups in total. The van der Waals surface area contributed by atoms with Gasteiger partial charge < -0.3 is 75.4 Å². The van der Waals surface area contributed by atoms with Crippen LogP contribution in [0.2, 0.25) is 0 Å². The number of aliphatic hydroxyl groups excluding tert-OH is 2. The molecule has 0 radical (unpaired) electrons. The Morgan fingerprint density at radius 2 is 1.01 bits per heavy atom. The number of aliphatic hydroxyl groups is 2. The lowest BCUT2D eigenvalue weighted by Gasteiger charge is -2.40. The highest BCUT2D eigenvalue weighted by Crippen LogP contribution is 2.33. The van der Waals surface area contributed by atoms with Crippen molar-refractivity contribution in [3.05, 3.63) is 0 Å². The quantitative estimate of drug-likeness (QED) is 0.0838. The highest BCUT2D eigenvalue weighted by molar-refractivity contribution is 6.00. The van der Waals surface area contributed by atoms with E-state index in [2.05, 4.69) is 21.3 Å². The van der Waals surface area contributed by atoms with Gasteiger partial charge in [-0.2, -0.15) is 13.2 Å². The summed E-state index contributed by atoms with van der Waals surface area (Å²) >= 11 is 0. The molecule has 4 fully saturated rings. The molecule has 2 heterocycles. The van der Waals surface area contributed by atoms with E-state index in [1.165, 1.54) is 80.6 Å². The predicted octanol–water partition coefficient (Wildman–Crippen LogP) is 5.40. The molecule has 4 rings (SSSR count). The maximum atomic E-state index is 15.7. The Hall–Kier alpha value is -6.69. The molecular weight excluding hydrogens is 1380 g/mol. The molecule has 0 aromatic rings. The van der Waals surface area contributed by atoms with Crippen LogP contribution in [0.25, 0.3) is 0 Å². The molecule has 2 aliphatic heterocycles. The van der Waals surface area contributed by atoms with Crippen LogP contribution in [-0.2, 0) is 62.3 Å². The molecule has 4 aliphatic rings. The second kappa shape index (κ2) is 43.5. The number of nitrogens with zero attached hydrogens (tertiary/aromatic N) is 8. The summed E-state index contributed by atoms with van der Waals surface area (Å²) in [4.78, 5) is 191. The number of likely N-dealkylation sites (tertiary alicyclic amines) is 1. The average Bonchev–Trinajstić information content (AvgIpc) is 0.811. The molecule has 2 aliphatic carbocycles. The Morgan fingerprint density at radius 1 is 0.528 bits per heavy atom. The van der Waals surface area contributed by atoms with Gasteiger partial charge in [0.15, 0.2) is 6.10 Å². The Bertz CT molecular complexity index is 2910. The number of amides is 12. The van der Waals surface area contributed by atoms with Crippen molar-refractivity contribution in [2.24, 2.45) is 35.5 Å². The Balaban J connectivity index is 2.02. The van der Waals surface area contributed by atoms with Crippen LogP contribution in [0, 0.1) is 35.5 Å². The molecule has 0 bridgehead atoms. The van der Waals surface area contributed by atoms with Gasteiger partial charge in [0.05, 0.1) is 32.3 Å². The van der Waals surface area contributed by atoms with Crippen LogP contribution in [0.1, 0.15) is 217 Å². The number of ether oxygens (including phenoxy) is 1. The molecule has 13 atom stereocenters. The number of piperidine rings is 1. The topological polar surface area (TPSA) is 329 Å². The summed E-state index contributed by atoms with van der Waals surface area (Å²) in [5.41, 5.74) is 0. The number of carbonyl (C=O) groups is 12. The summed E-state index contributed by atoms with van der Waals surface area (Å²) in [6.45, 7) is 16.4. The van der Waals surface area contributed by atoms with E-state index in [4.69, 9.17) is 4.74 Å². The molecule has 2 saturated carbocycles. The zero-order chi connectivity index (χ0) is 79.8. The minimum absolute atomic E-state index is 0.0147. The van der Waals surface area contributed by atoms with Gasteiger partial charge in [-0.3, -0.25) is 57.5 Å². The van der Waals surface area contributed by atoms with Crippen molar-refractivity contribution >= 4 is 70.9 Å². The summed E-state index contributed by atoms with van der Waals surface area (Å²) in [6.07, 6.45) is 1.49. The van der Waals surface area contributed by atoms with Gasteiger partial charge in [-0.25, -0.2) is 0 Å². The number of hydrogen-bond donors (Lipinski definition) is 6. The molecule has 1 unspecified atom stereocenters. The fourth-order valence-corrected chi connectivity index (χ4v) is 14.9. The van der Waals surface area contributed by atoms with Gasteiger partial charge in [0.1, 0.15) is 60.4 Å². The number of hydrogen-bond acceptors (Lipinski definition) is 15. The van der Waals surface area contributed by atoms with Crippen LogP contribution >= 0.6 is 0 Å². The lowest BCUT2D eigenvalue weighted by atomic mass is 9.83. The summed E-state index contributed by atoms with van der Waals surface area (Å²) in [6, 6.07) is -14.5. The van der Waals surface area contributed by atoms with E-state index in [1.807, 2.05) is 27.7 Å². The van der Waals surface area contributed by atoms with Crippen molar-refractivity contribution in [1.29, 1.82) is 0 Å². The normalized spacial score (nSPS) is 27.2. The van der Waals surface area contributed by atoms with Crippen LogP contribution in [0.4, 0.5) is 13.2 Å². The Kier molecular flexibility index (Phi) is 37.6. The zero-order valence-corrected chi connectivity index (χ0v) is 66.6. The molecule has 0 aromatic carbocycles. The van der Waals surface area contributed by atoms with E-state index in [0.717, 1.165) is 72.5 Å². The minimum Gasteiger partial charge on any atom is -0.391 e. The van der Waals surface area contributed by atoms with Gasteiger partial charge in [-0.1, -0.05) is 139 Å². The Labute approximate surface area is 628 Å². The van der Waals surface area contributed by atoms with Crippen LogP contribution in [-0.4, -0.2) is 281 Å². The van der Waals surface area contributed by atoms with E-state index in [-0.39, 0.29) is 81.3 Å². The largest absolute Gasteiger partial charge is 0.416 e. The first-order valence-corrected chi connectivity index (χ1v) is 39.1. The summed E-state index contributed by atoms with van der Waals surface area (Å²) in [5.74, 6) is -11.0. The fourth-order valence-electron chi connectivity index (χ4n) is 14.9. The van der Waals surface area contributed by atoms with Crippen LogP contribution in [0.3, 0.4) is 0 Å². The third-order valence-electron chi connectivity index (χ3n) is 22.0. The predicted molar refractivity (Wildman–Crippen MR) is 394 cm³/mol. The van der Waals surface area contributed by atoms with E-state index >= 15 is 33.6 Å². The summed E-state index contributed by atoms with van der Waals surface area (Å²) < 4.78 is 46.6. The molecule has 606 valence electrons. The van der Waals surface area contributed by atoms with Gasteiger partial charge in [0.25, 0.3) is 0 Å². The fraction of sp³-hybridized carbons (Fsp3) is 0.842. The molecular formula is C76H131F3N12O15. The van der Waals surface area contributed by atoms with E-state index in [9.17, 15) is 47.4 Å². The monoisotopic (exact) mass is 1510 g/mol. The molecule has 2 saturated heterocycles. The van der Waals surface area contributed by atoms with Crippen molar-refractivity contribution in [2.75, 3.05) is 81.7 Å². The smallest absolute Gasteiger partial charge is 0.391 e. The lowest BCUT2D eigenvalue weighted by molar-refractivity contribution is -0.217. The van der Waals surface area contributed by atoms with Gasteiger partial charge in [0, 0.05) is 61.9 Å². The number of alkyl halides is 3. The van der Waals surface area contributed by atoms with Crippen molar-refractivity contribution < 1.29 is 85.7 Å². The van der Waals surface area contributed by atoms with Crippen LogP contribution in [0.15, 0.2) is 0 Å². The highest BCUT2D eigenvalue weighted by Gasteiger charge is 2.46. The number of likely N-dealkylation sites (N-methyl/N-ethyl adjacent to an activating group) is 6. The SMILES string of the molecule is CCCCN1CC(=O)N(C)[C@@H](CC(C)C)C(=O)N[C@H](C(=O)N2CCCCC2)CC(=O)N(C)[C@@H](C)C(=O)N[C@@H](COCC(O)C(F)(F)F)C(=O)N(C)[C@@H](CC(C)C)C(=O)N(C)[C@@H](CC2CCCCC2)C(=O)N[C@@H](CC(C)C)C(=O)N(C)[C@@H](CC2CCCCC2)C(=O)N(C)[C@@H]([C@@H](C)CC)C(=O)N[C@@H]([C@@H](C)O)C1=O. The first-order chi connectivity index (χ1) is 49.7. The van der Waals surface area contributed by atoms with Crippen molar-refractivity contribution in [1.82, 2.24) is 60.5 Å². The number of rotatable bonds is 21. The maximum absolute atomic E-state index is 15.7. The zero-order valence-electron chi connectivity index (χ0n) is 66.6. The maximum Gasteiger partial charge on any atom is 0.416 e. The minimum atomic E-state index is -5.15. The number of carbonyl (C=O) groups excluding carboxylic acids is 12. The molecule has 12 amide bonds. The van der Waals surface area contributed by atoms with E-state index in [0.29, 0.717) is 44.9 Å². The van der Waals surface area contributed by atoms with E-state index < -0.39 is 182 Å². The van der Waals surface area contributed by atoms with Crippen LogP contribution in [0.5, 0.6) is 0 Å². The van der Waals surface area contributed by atoms with Crippen molar-refractivity contribution in [3.8, 4) is 0 Å². The number of halogens is 3. The second-order valence-corrected chi connectivity index (χ2v) is 32.0. The van der Waals surface area contributed by atoms with E-state index in [1.54, 1.807) is 34.6 Å². The third-order valence-corrected chi connectivity index (χ3v) is 22.0. The average molecular weight is 1510 g/mol. The first kappa shape index (κ1) is 91.7. The number of nitrogens with one attached hydrogen (secondary N) is 4. The summed E-state index contributed by atoms with van der Waals surface area (Å²) in [5, 5.41) is 32.5. The van der Waals surface area contributed by atoms with Crippen molar-refractivity contribution in [3.63, 3.8) is 0 Å². The van der Waals surface area contributed by atoms with Gasteiger partial charge in [-0.15, -0.1) is 0 Å². The number of unbranched alkanes of at least 4 members (excludes halogenated alkanes) is 1. The molecule has 30 heteroatoms. The van der Waals surface area contributed by atoms with Gasteiger partial charge >= 0.3 is 6.18 Å². The lowest BCUT2D eigenvalue weighted by Crippen LogP contribution is -2.63. The molecule has 106 heavy (non-hydrogen) atoms. The first-order valence-electron chi connectivity index (χ1n) is 39.1. The molecule has 0 aromatic heterocycles. The molecule has 0 spiro atoms. The third kappa shape index (κ3) is 26.9. The molecule has 27 nitrogen and oxygen atoms in total. The van der Waals surface area contributed by atoms with Gasteiger partial charge in [0.2, 0.25) is 70.9 Å². The second-order valence-electron chi connectivity index (χ2n) is 32.0. The summed E-state index contributed by atoms with van der Waals surface area (Å²) in [7, 11) is 8.19. The Morgan fingerprint density at radius 3 is 1.53 bits per heavy atom.